The number of aliphatic carboxylic acids is 1. The summed E-state index contributed by atoms with van der Waals surface area (Å²) < 4.78 is 15.1. The summed E-state index contributed by atoms with van der Waals surface area (Å²) in [6.07, 6.45) is 2.99. The predicted molar refractivity (Wildman–Crippen MR) is 69.1 cm³/mol. The van der Waals surface area contributed by atoms with Gasteiger partial charge in [0.25, 0.3) is 0 Å². The van der Waals surface area contributed by atoms with Crippen molar-refractivity contribution in [2.45, 2.75) is 18.9 Å². The molecule has 1 unspecified atom stereocenters. The molecule has 0 fully saturated rings. The van der Waals surface area contributed by atoms with E-state index in [0.717, 1.165) is 0 Å². The number of benzene rings is 1. The molecule has 1 N–H and O–H groups in total. The van der Waals surface area contributed by atoms with E-state index in [1.54, 1.807) is 12.1 Å². The smallest absolute Gasteiger partial charge is 0.331 e. The summed E-state index contributed by atoms with van der Waals surface area (Å²) in [4.78, 5) is 11.5. The Labute approximate surface area is 117 Å². The van der Waals surface area contributed by atoms with Gasteiger partial charge in [0.1, 0.15) is 5.82 Å². The molecule has 7 heteroatoms. The maximum Gasteiger partial charge on any atom is 0.331 e. The predicted octanol–water partition coefficient (Wildman–Crippen LogP) is 2.22. The van der Waals surface area contributed by atoms with Gasteiger partial charge in [-0.05, 0) is 40.5 Å². The summed E-state index contributed by atoms with van der Waals surface area (Å²) in [7, 11) is 0. The van der Waals surface area contributed by atoms with E-state index in [-0.39, 0.29) is 6.42 Å². The Morgan fingerprint density at radius 1 is 1.58 bits per heavy atom. The van der Waals surface area contributed by atoms with Crippen LogP contribution in [0.3, 0.4) is 0 Å². The van der Waals surface area contributed by atoms with Gasteiger partial charge in [0.05, 0.1) is 10.7 Å². The van der Waals surface area contributed by atoms with Crippen molar-refractivity contribution in [2.24, 2.45) is 0 Å². The van der Waals surface area contributed by atoms with Crippen molar-refractivity contribution in [1.82, 2.24) is 15.0 Å². The highest BCUT2D eigenvalue weighted by Gasteiger charge is 2.36. The summed E-state index contributed by atoms with van der Waals surface area (Å²) in [5, 5.41) is 16.7. The molecule has 2 aromatic rings. The number of hydrogen-bond acceptors (Lipinski definition) is 3. The molecule has 1 aromatic carbocycles. The van der Waals surface area contributed by atoms with Crippen LogP contribution < -0.4 is 0 Å². The van der Waals surface area contributed by atoms with Gasteiger partial charge < -0.3 is 5.11 Å². The molecule has 100 valence electrons. The highest BCUT2D eigenvalue weighted by molar-refractivity contribution is 9.10. The first-order valence-electron chi connectivity index (χ1n) is 5.47. The van der Waals surface area contributed by atoms with Crippen LogP contribution >= 0.6 is 15.9 Å². The minimum atomic E-state index is -1.31. The molecule has 0 aliphatic heterocycles. The van der Waals surface area contributed by atoms with Gasteiger partial charge in [-0.3, -0.25) is 0 Å². The third-order valence-electron chi connectivity index (χ3n) is 2.92. The lowest BCUT2D eigenvalue weighted by Crippen LogP contribution is -2.41. The molecule has 0 amide bonds. The van der Waals surface area contributed by atoms with E-state index in [1.165, 1.54) is 30.1 Å². The number of nitrogens with zero attached hydrogens (tertiary/aromatic N) is 3. The first-order chi connectivity index (χ1) is 8.93. The van der Waals surface area contributed by atoms with Gasteiger partial charge in [0.2, 0.25) is 0 Å². The quantitative estimate of drug-likeness (QED) is 0.934. The van der Waals surface area contributed by atoms with Crippen molar-refractivity contribution in [2.75, 3.05) is 0 Å². The second kappa shape index (κ2) is 5.08. The second-order valence-electron chi connectivity index (χ2n) is 4.35. The lowest BCUT2D eigenvalue weighted by Gasteiger charge is -2.24. The molecule has 0 aliphatic carbocycles. The molecule has 0 aliphatic rings. The second-order valence-corrected chi connectivity index (χ2v) is 5.21. The molecule has 1 aromatic heterocycles. The monoisotopic (exact) mass is 327 g/mol. The SMILES string of the molecule is CC(Cc1ccc(Br)c(F)c1)(C(=O)O)n1ccnn1. The highest BCUT2D eigenvalue weighted by atomic mass is 79.9. The van der Waals surface area contributed by atoms with Crippen molar-refractivity contribution in [1.29, 1.82) is 0 Å². The van der Waals surface area contributed by atoms with Crippen LogP contribution in [0.25, 0.3) is 0 Å². The Bertz CT molecular complexity index is 603. The van der Waals surface area contributed by atoms with Crippen LogP contribution in [0.2, 0.25) is 0 Å². The van der Waals surface area contributed by atoms with E-state index in [4.69, 9.17) is 0 Å². The minimum absolute atomic E-state index is 0.107. The van der Waals surface area contributed by atoms with Crippen LogP contribution in [0.5, 0.6) is 0 Å². The molecular weight excluding hydrogens is 317 g/mol. The number of aromatic nitrogens is 3. The molecular formula is C12H11BrFN3O2. The zero-order chi connectivity index (χ0) is 14.0. The van der Waals surface area contributed by atoms with Crippen molar-refractivity contribution in [3.63, 3.8) is 0 Å². The van der Waals surface area contributed by atoms with Crippen LogP contribution in [0.1, 0.15) is 12.5 Å². The fourth-order valence-electron chi connectivity index (χ4n) is 1.77. The molecule has 0 bridgehead atoms. The third kappa shape index (κ3) is 2.65. The van der Waals surface area contributed by atoms with E-state index in [9.17, 15) is 14.3 Å². The summed E-state index contributed by atoms with van der Waals surface area (Å²) >= 11 is 3.06. The fourth-order valence-corrected chi connectivity index (χ4v) is 2.02. The minimum Gasteiger partial charge on any atom is -0.479 e. The lowest BCUT2D eigenvalue weighted by atomic mass is 9.93. The van der Waals surface area contributed by atoms with Gasteiger partial charge in [0.15, 0.2) is 5.54 Å². The van der Waals surface area contributed by atoms with Gasteiger partial charge in [-0.1, -0.05) is 11.3 Å². The number of rotatable bonds is 4. The summed E-state index contributed by atoms with van der Waals surface area (Å²) in [5.74, 6) is -1.48. The highest BCUT2D eigenvalue weighted by Crippen LogP contribution is 2.24. The topological polar surface area (TPSA) is 68.0 Å². The number of carboxylic acids is 1. The number of carbonyl (C=O) groups is 1. The molecule has 1 heterocycles. The van der Waals surface area contributed by atoms with Crippen molar-refractivity contribution in [3.8, 4) is 0 Å². The maximum atomic E-state index is 13.5. The molecule has 5 nitrogen and oxygen atoms in total. The van der Waals surface area contributed by atoms with Crippen LogP contribution in [-0.4, -0.2) is 26.1 Å². The molecule has 0 radical (unpaired) electrons. The van der Waals surface area contributed by atoms with Crippen molar-refractivity contribution in [3.05, 3.63) is 46.4 Å². The average molecular weight is 328 g/mol. The molecule has 0 spiro atoms. The zero-order valence-corrected chi connectivity index (χ0v) is 11.6. The summed E-state index contributed by atoms with van der Waals surface area (Å²) in [6.45, 7) is 1.52. The van der Waals surface area contributed by atoms with Gasteiger partial charge in [-0.25, -0.2) is 13.9 Å². The fraction of sp³-hybridized carbons (Fsp3) is 0.250. The number of carboxylic acid groups (broad SMARTS) is 1. The largest absolute Gasteiger partial charge is 0.479 e. The van der Waals surface area contributed by atoms with Crippen LogP contribution in [0.15, 0.2) is 35.1 Å². The number of hydrogen-bond donors (Lipinski definition) is 1. The van der Waals surface area contributed by atoms with Crippen LogP contribution in [0, 0.1) is 5.82 Å². The van der Waals surface area contributed by atoms with Crippen LogP contribution in [-0.2, 0) is 16.8 Å². The van der Waals surface area contributed by atoms with Crippen molar-refractivity contribution >= 4 is 21.9 Å². The van der Waals surface area contributed by atoms with E-state index in [1.807, 2.05) is 0 Å². The normalized spacial score (nSPS) is 14.1. The average Bonchev–Trinajstić information content (AvgIpc) is 2.87. The number of halogens is 2. The first kappa shape index (κ1) is 13.7. The molecule has 19 heavy (non-hydrogen) atoms. The summed E-state index contributed by atoms with van der Waals surface area (Å²) in [5.41, 5.74) is -0.738. The first-order valence-corrected chi connectivity index (χ1v) is 6.27. The van der Waals surface area contributed by atoms with Crippen molar-refractivity contribution < 1.29 is 14.3 Å². The molecule has 0 saturated heterocycles. The van der Waals surface area contributed by atoms with Crippen LogP contribution in [0.4, 0.5) is 4.39 Å². The Kier molecular flexibility index (Phi) is 3.66. The molecule has 2 rings (SSSR count). The standard InChI is InChI=1S/C12H11BrFN3O2/c1-12(11(18)19,17-5-4-15-16-17)7-8-2-3-9(13)10(14)6-8/h2-6H,7H2,1H3,(H,18,19). The van der Waals surface area contributed by atoms with Gasteiger partial charge in [0, 0.05) is 12.6 Å². The third-order valence-corrected chi connectivity index (χ3v) is 3.56. The molecule has 1 atom stereocenters. The lowest BCUT2D eigenvalue weighted by molar-refractivity contribution is -0.147. The van der Waals surface area contributed by atoms with Gasteiger partial charge >= 0.3 is 5.97 Å². The Morgan fingerprint density at radius 3 is 2.84 bits per heavy atom. The van der Waals surface area contributed by atoms with Gasteiger partial charge in [-0.15, -0.1) is 5.10 Å². The maximum absolute atomic E-state index is 13.5. The zero-order valence-electron chi connectivity index (χ0n) is 10.0. The van der Waals surface area contributed by atoms with E-state index in [2.05, 4.69) is 26.2 Å². The Morgan fingerprint density at radius 2 is 2.32 bits per heavy atom. The molecule has 0 saturated carbocycles. The van der Waals surface area contributed by atoms with E-state index in [0.29, 0.717) is 10.0 Å². The van der Waals surface area contributed by atoms with E-state index >= 15 is 0 Å². The van der Waals surface area contributed by atoms with E-state index < -0.39 is 17.3 Å². The Hall–Kier alpha value is -1.76. The van der Waals surface area contributed by atoms with Gasteiger partial charge in [-0.2, -0.15) is 0 Å². The Balaban J connectivity index is 2.37. The summed E-state index contributed by atoms with van der Waals surface area (Å²) in [6, 6.07) is 4.53.